The molecule has 6 aliphatic carbocycles. The Labute approximate surface area is 485 Å². The number of ether oxygens (including phenoxy) is 3. The smallest absolute Gasteiger partial charge is 0.310 e. The van der Waals surface area contributed by atoms with Crippen molar-refractivity contribution in [3.05, 3.63) is 0 Å². The van der Waals surface area contributed by atoms with Crippen LogP contribution < -0.4 is 0 Å². The number of carboxylic acid groups (broad SMARTS) is 6. The Morgan fingerprint density at radius 1 is 0.420 bits per heavy atom. The van der Waals surface area contributed by atoms with Gasteiger partial charge in [0.1, 0.15) is 5.60 Å². The van der Waals surface area contributed by atoms with E-state index in [1.807, 2.05) is 48.5 Å². The Hall–Kier alpha value is -4.28. The number of carbonyl (C=O) groups is 8. The topological polar surface area (TPSA) is 286 Å². The van der Waals surface area contributed by atoms with Crippen LogP contribution in [0, 0.1) is 112 Å². The molecule has 0 aromatic carbocycles. The second-order valence-corrected chi connectivity index (χ2v) is 25.0. The lowest BCUT2D eigenvalue weighted by molar-refractivity contribution is -0.172. The first-order valence-electron chi connectivity index (χ1n) is 31.4. The molecule has 0 aliphatic heterocycles. The van der Waals surface area contributed by atoms with Crippen LogP contribution in [0.3, 0.4) is 0 Å². The van der Waals surface area contributed by atoms with Crippen molar-refractivity contribution in [1.29, 1.82) is 0 Å². The van der Waals surface area contributed by atoms with Crippen molar-refractivity contribution in [2.75, 3.05) is 20.8 Å². The summed E-state index contributed by atoms with van der Waals surface area (Å²) in [4.78, 5) is 92.1. The summed E-state index contributed by atoms with van der Waals surface area (Å²) in [7, 11) is 2.98. The number of rotatable bonds is 22. The van der Waals surface area contributed by atoms with Crippen molar-refractivity contribution in [2.24, 2.45) is 112 Å². The predicted molar refractivity (Wildman–Crippen MR) is 309 cm³/mol. The Morgan fingerprint density at radius 3 is 1.04 bits per heavy atom. The first-order valence-corrected chi connectivity index (χ1v) is 31.4. The Balaban J connectivity index is 0.000000350. The molecule has 17 nitrogen and oxygen atoms in total. The molecule has 6 fully saturated rings. The van der Waals surface area contributed by atoms with E-state index in [0.717, 1.165) is 135 Å². The lowest BCUT2D eigenvalue weighted by Crippen LogP contribution is -2.39. The number of methoxy groups -OCH3 is 2. The summed E-state index contributed by atoms with van der Waals surface area (Å²) in [5, 5.41) is 55.5. The van der Waals surface area contributed by atoms with Crippen LogP contribution >= 0.6 is 0 Å². The summed E-state index contributed by atoms with van der Waals surface area (Å²) in [6.07, 6.45) is 19.3. The van der Waals surface area contributed by atoms with Gasteiger partial charge in [0.2, 0.25) is 0 Å². The first kappa shape index (κ1) is 72.8. The summed E-state index contributed by atoms with van der Waals surface area (Å²) < 4.78 is 15.8. The second-order valence-electron chi connectivity index (χ2n) is 25.0. The van der Waals surface area contributed by atoms with Crippen LogP contribution in [0.5, 0.6) is 0 Å². The number of carboxylic acids is 6. The summed E-state index contributed by atoms with van der Waals surface area (Å²) in [5.41, 5.74) is -0.780. The molecule has 0 bridgehead atoms. The van der Waals surface area contributed by atoms with Gasteiger partial charge in [-0.25, -0.2) is 0 Å². The number of carbonyl (C=O) groups excluding carboxylic acids is 2. The fourth-order valence-electron chi connectivity index (χ4n) is 16.2. The highest BCUT2D eigenvalue weighted by molar-refractivity contribution is 5.84. The van der Waals surface area contributed by atoms with E-state index in [1.54, 1.807) is 7.11 Å². The third-order valence-electron chi connectivity index (χ3n) is 21.2. The standard InChI is InChI=1S/C18H30O4.C12H20O4.C12H22O3.C11H18O4.C11H20O2/c1-4-12-11-13(5-2)15(14(12)16(19)20)17(21)22-18(6-3)9-7-8-10-18;1-4-7-6-8(5-2)10(12(15)16-3)9(7)11(13)14;1-4-8-6-9(5-2)11(12(13)14)10(8)7-15-3;1-3-6-5-7(4-2)9(11(14)15)8(6)10(12)13;1-4-8-6-9(5-2)11(3,7-8)10(12)13/h12-15H,4-11H2,1-3H3,(H,19,20);7-10H,4-6H2,1-3H3,(H,13,14);8-11H,4-7H2,1-3H3,(H,13,14);6-9H,3-5H2,1-2H3,(H,12,13)(H,14,15);8-9H,4-7H2,1-3H3,(H,12,13). The first-order chi connectivity index (χ1) is 38.3. The zero-order valence-electron chi connectivity index (χ0n) is 52.1. The fraction of sp³-hybridized carbons (Fsp3) is 0.875. The second kappa shape index (κ2) is 34.5. The number of hydrogen-bond acceptors (Lipinski definition) is 11. The lowest BCUT2D eigenvalue weighted by Gasteiger charge is -2.31. The minimum atomic E-state index is -0.954. The van der Waals surface area contributed by atoms with Crippen LogP contribution in [0.25, 0.3) is 0 Å². The van der Waals surface area contributed by atoms with Gasteiger partial charge in [-0.3, -0.25) is 38.4 Å². The monoisotopic (exact) mass is 1150 g/mol. The average molecular weight is 1150 g/mol. The normalized spacial score (nSPS) is 35.3. The molecule has 6 N–H and O–H groups in total. The van der Waals surface area contributed by atoms with Gasteiger partial charge >= 0.3 is 47.8 Å². The van der Waals surface area contributed by atoms with Gasteiger partial charge in [0.05, 0.1) is 60.6 Å². The third-order valence-corrected chi connectivity index (χ3v) is 21.2. The zero-order chi connectivity index (χ0) is 61.7. The Bertz CT molecular complexity index is 1970. The third kappa shape index (κ3) is 18.1. The molecule has 0 amide bonds. The Morgan fingerprint density at radius 2 is 0.753 bits per heavy atom. The minimum absolute atomic E-state index is 0.0218. The van der Waals surface area contributed by atoms with E-state index in [-0.39, 0.29) is 64.9 Å². The largest absolute Gasteiger partial charge is 0.481 e. The van der Waals surface area contributed by atoms with E-state index in [2.05, 4.69) is 34.6 Å². The fourth-order valence-corrected chi connectivity index (χ4v) is 16.2. The molecule has 19 unspecified atom stereocenters. The van der Waals surface area contributed by atoms with E-state index >= 15 is 0 Å². The number of aliphatic carboxylic acids is 6. The van der Waals surface area contributed by atoms with Crippen molar-refractivity contribution in [2.45, 2.75) is 224 Å². The number of esters is 2. The molecule has 0 aromatic heterocycles. The molecular formula is C64H110O17. The van der Waals surface area contributed by atoms with Crippen LogP contribution in [0.15, 0.2) is 0 Å². The van der Waals surface area contributed by atoms with Crippen LogP contribution in [-0.2, 0) is 52.6 Å². The van der Waals surface area contributed by atoms with E-state index in [0.29, 0.717) is 30.3 Å². The molecule has 0 heterocycles. The highest BCUT2D eigenvalue weighted by Gasteiger charge is 2.54. The van der Waals surface area contributed by atoms with Crippen molar-refractivity contribution in [1.82, 2.24) is 0 Å². The molecule has 0 radical (unpaired) electrons. The van der Waals surface area contributed by atoms with Crippen molar-refractivity contribution in [3.63, 3.8) is 0 Å². The maximum atomic E-state index is 12.8. The molecule has 17 heteroatoms. The molecule has 6 saturated carbocycles. The van der Waals surface area contributed by atoms with Crippen LogP contribution in [0.2, 0.25) is 0 Å². The van der Waals surface area contributed by atoms with E-state index < -0.39 is 76.7 Å². The van der Waals surface area contributed by atoms with Gasteiger partial charge in [-0.05, 0) is 143 Å². The van der Waals surface area contributed by atoms with E-state index in [9.17, 15) is 58.8 Å². The average Bonchev–Trinajstić information content (AvgIpc) is 4.32. The molecule has 81 heavy (non-hydrogen) atoms. The summed E-state index contributed by atoms with van der Waals surface area (Å²) in [5.74, 6) is -6.47. The van der Waals surface area contributed by atoms with Crippen molar-refractivity contribution >= 4 is 47.8 Å². The summed E-state index contributed by atoms with van der Waals surface area (Å²) in [6, 6.07) is 0. The molecule has 0 spiro atoms. The quantitative estimate of drug-likeness (QED) is 0.0549. The van der Waals surface area contributed by atoms with Crippen LogP contribution in [-0.4, -0.2) is 105 Å². The summed E-state index contributed by atoms with van der Waals surface area (Å²) >= 11 is 0. The summed E-state index contributed by atoms with van der Waals surface area (Å²) in [6.45, 7) is 25.0. The van der Waals surface area contributed by atoms with Gasteiger partial charge in [-0.1, -0.05) is 140 Å². The molecule has 0 saturated heterocycles. The van der Waals surface area contributed by atoms with E-state index in [4.69, 9.17) is 24.4 Å². The molecule has 19 atom stereocenters. The molecular weight excluding hydrogens is 1040 g/mol. The van der Waals surface area contributed by atoms with Crippen molar-refractivity contribution < 1.29 is 83.2 Å². The minimum Gasteiger partial charge on any atom is -0.481 e. The van der Waals surface area contributed by atoms with Gasteiger partial charge in [-0.15, -0.1) is 0 Å². The maximum Gasteiger partial charge on any atom is 0.310 e. The van der Waals surface area contributed by atoms with Gasteiger partial charge < -0.3 is 44.8 Å². The van der Waals surface area contributed by atoms with Gasteiger partial charge in [-0.2, -0.15) is 0 Å². The SMILES string of the molecule is CCC1CC(CC)C(C(=O)O)C1C(=O)O.CCC1CC(CC)C(C(=O)O)C1COC.CCC1CC(CC)C(C(=O)OC)C1C(=O)O.CCC1CC(CC)C(C(=O)OC2(CC)CCCC2)C1C(=O)O.CCC1CC(CC)C(C)(C(=O)O)C1. The highest BCUT2D eigenvalue weighted by atomic mass is 16.6. The molecule has 6 aliphatic rings. The molecule has 0 aromatic rings. The Kier molecular flexibility index (Phi) is 31.0. The highest BCUT2D eigenvalue weighted by Crippen LogP contribution is 2.51. The van der Waals surface area contributed by atoms with Crippen LogP contribution in [0.4, 0.5) is 0 Å². The van der Waals surface area contributed by atoms with Gasteiger partial charge in [0, 0.05) is 7.11 Å². The van der Waals surface area contributed by atoms with Crippen molar-refractivity contribution in [3.8, 4) is 0 Å². The maximum absolute atomic E-state index is 12.8. The van der Waals surface area contributed by atoms with Gasteiger partial charge in [0.15, 0.2) is 0 Å². The predicted octanol–water partition coefficient (Wildman–Crippen LogP) is 13.1. The van der Waals surface area contributed by atoms with E-state index in [1.165, 1.54) is 7.11 Å². The molecule has 6 rings (SSSR count). The van der Waals surface area contributed by atoms with Crippen LogP contribution in [0.1, 0.15) is 218 Å². The van der Waals surface area contributed by atoms with Gasteiger partial charge in [0.25, 0.3) is 0 Å². The number of hydrogen-bond donors (Lipinski definition) is 6. The molecule has 468 valence electrons. The lowest BCUT2D eigenvalue weighted by atomic mass is 9.78. The zero-order valence-corrected chi connectivity index (χ0v) is 52.1.